The maximum atomic E-state index is 11.8. The fourth-order valence-electron chi connectivity index (χ4n) is 1.27. The van der Waals surface area contributed by atoms with E-state index in [1.165, 1.54) is 5.56 Å². The van der Waals surface area contributed by atoms with Crippen molar-refractivity contribution in [3.8, 4) is 0 Å². The molecule has 0 aliphatic heterocycles. The first-order valence-electron chi connectivity index (χ1n) is 4.51. The van der Waals surface area contributed by atoms with Crippen molar-refractivity contribution < 1.29 is 13.5 Å². The van der Waals surface area contributed by atoms with Gasteiger partial charge in [0.05, 0.1) is 6.61 Å². The summed E-state index contributed by atoms with van der Waals surface area (Å²) in [6.07, 6.45) is -2.39. The molecule has 1 aromatic carbocycles. The third-order valence-electron chi connectivity index (χ3n) is 2.00. The normalized spacial score (nSPS) is 10.9. The van der Waals surface area contributed by atoms with Gasteiger partial charge in [-0.05, 0) is 25.0 Å². The molecule has 0 aliphatic rings. The van der Waals surface area contributed by atoms with Gasteiger partial charge in [0.1, 0.15) is 6.61 Å². The quantitative estimate of drug-likeness (QED) is 0.725. The van der Waals surface area contributed by atoms with Gasteiger partial charge in [0.15, 0.2) is 0 Å². The Labute approximate surface area is 82.7 Å². The monoisotopic (exact) mass is 200 g/mol. The standard InChI is InChI=1S/C11H14F2O/c1-8-3-4-10(9(2)5-8)6-14-7-11(12)13/h3-5,11H,6-7H2,1-2H3. The molecule has 0 aliphatic carbocycles. The molecule has 0 heterocycles. The molecule has 1 aromatic rings. The predicted octanol–water partition coefficient (Wildman–Crippen LogP) is 3.09. The minimum atomic E-state index is -2.39. The van der Waals surface area contributed by atoms with Crippen LogP contribution in [0.3, 0.4) is 0 Å². The van der Waals surface area contributed by atoms with Crippen LogP contribution in [-0.2, 0) is 11.3 Å². The van der Waals surface area contributed by atoms with Crippen LogP contribution in [0.15, 0.2) is 18.2 Å². The molecule has 0 saturated heterocycles. The Morgan fingerprint density at radius 3 is 2.57 bits per heavy atom. The summed E-state index contributed by atoms with van der Waals surface area (Å²) >= 11 is 0. The van der Waals surface area contributed by atoms with Crippen molar-refractivity contribution >= 4 is 0 Å². The maximum absolute atomic E-state index is 11.8. The lowest BCUT2D eigenvalue weighted by molar-refractivity contribution is 0.00972. The molecule has 1 rings (SSSR count). The highest BCUT2D eigenvalue weighted by molar-refractivity contribution is 5.29. The highest BCUT2D eigenvalue weighted by Gasteiger charge is 2.03. The van der Waals surface area contributed by atoms with Crippen LogP contribution in [0.25, 0.3) is 0 Å². The summed E-state index contributed by atoms with van der Waals surface area (Å²) in [5.41, 5.74) is 3.22. The van der Waals surface area contributed by atoms with Gasteiger partial charge in [-0.15, -0.1) is 0 Å². The molecular weight excluding hydrogens is 186 g/mol. The van der Waals surface area contributed by atoms with Gasteiger partial charge >= 0.3 is 0 Å². The number of aryl methyl sites for hydroxylation is 2. The van der Waals surface area contributed by atoms with E-state index in [9.17, 15) is 8.78 Å². The van der Waals surface area contributed by atoms with Crippen LogP contribution in [0.5, 0.6) is 0 Å². The summed E-state index contributed by atoms with van der Waals surface area (Å²) < 4.78 is 28.4. The van der Waals surface area contributed by atoms with Crippen molar-refractivity contribution in [3.63, 3.8) is 0 Å². The van der Waals surface area contributed by atoms with E-state index in [0.29, 0.717) is 0 Å². The van der Waals surface area contributed by atoms with E-state index in [1.54, 1.807) is 0 Å². The average molecular weight is 200 g/mol. The van der Waals surface area contributed by atoms with E-state index in [1.807, 2.05) is 32.0 Å². The minimum absolute atomic E-state index is 0.260. The number of alkyl halides is 2. The fraction of sp³-hybridized carbons (Fsp3) is 0.455. The van der Waals surface area contributed by atoms with Crippen molar-refractivity contribution in [2.75, 3.05) is 6.61 Å². The minimum Gasteiger partial charge on any atom is -0.371 e. The number of hydrogen-bond acceptors (Lipinski definition) is 1. The van der Waals surface area contributed by atoms with Gasteiger partial charge in [-0.2, -0.15) is 0 Å². The van der Waals surface area contributed by atoms with Crippen LogP contribution < -0.4 is 0 Å². The second-order valence-electron chi connectivity index (χ2n) is 3.34. The van der Waals surface area contributed by atoms with Gasteiger partial charge in [0.25, 0.3) is 6.43 Å². The molecule has 14 heavy (non-hydrogen) atoms. The largest absolute Gasteiger partial charge is 0.371 e. The van der Waals surface area contributed by atoms with Crippen molar-refractivity contribution in [2.45, 2.75) is 26.9 Å². The zero-order valence-corrected chi connectivity index (χ0v) is 8.39. The van der Waals surface area contributed by atoms with Crippen LogP contribution in [0.2, 0.25) is 0 Å². The highest BCUT2D eigenvalue weighted by Crippen LogP contribution is 2.11. The lowest BCUT2D eigenvalue weighted by Gasteiger charge is -2.07. The number of halogens is 2. The van der Waals surface area contributed by atoms with Crippen LogP contribution in [0.1, 0.15) is 16.7 Å². The van der Waals surface area contributed by atoms with Gasteiger partial charge < -0.3 is 4.74 Å². The summed E-state index contributed by atoms with van der Waals surface area (Å²) in [6, 6.07) is 5.88. The SMILES string of the molecule is Cc1ccc(COCC(F)F)c(C)c1. The highest BCUT2D eigenvalue weighted by atomic mass is 19.3. The van der Waals surface area contributed by atoms with E-state index < -0.39 is 13.0 Å². The molecule has 3 heteroatoms. The molecule has 0 radical (unpaired) electrons. The summed E-state index contributed by atoms with van der Waals surface area (Å²) in [6.45, 7) is 3.72. The molecule has 0 N–H and O–H groups in total. The summed E-state index contributed by atoms with van der Waals surface area (Å²) in [4.78, 5) is 0. The van der Waals surface area contributed by atoms with E-state index in [2.05, 4.69) is 0 Å². The van der Waals surface area contributed by atoms with E-state index >= 15 is 0 Å². The Balaban J connectivity index is 2.51. The molecule has 0 spiro atoms. The van der Waals surface area contributed by atoms with Gasteiger partial charge in [0.2, 0.25) is 0 Å². The van der Waals surface area contributed by atoms with Gasteiger partial charge in [-0.1, -0.05) is 23.8 Å². The summed E-state index contributed by atoms with van der Waals surface area (Å²) in [7, 11) is 0. The van der Waals surface area contributed by atoms with Gasteiger partial charge in [0, 0.05) is 0 Å². The molecule has 0 atom stereocenters. The first-order chi connectivity index (χ1) is 6.59. The first-order valence-corrected chi connectivity index (χ1v) is 4.51. The number of benzene rings is 1. The van der Waals surface area contributed by atoms with Crippen molar-refractivity contribution in [1.29, 1.82) is 0 Å². The predicted molar refractivity (Wildman–Crippen MR) is 51.6 cm³/mol. The van der Waals surface area contributed by atoms with Gasteiger partial charge in [-0.25, -0.2) is 8.78 Å². The number of ether oxygens (including phenoxy) is 1. The molecule has 0 fully saturated rings. The molecular formula is C11H14F2O. The Bertz CT molecular complexity index is 297. The molecule has 0 aromatic heterocycles. The average Bonchev–Trinajstić information content (AvgIpc) is 2.08. The first kappa shape index (κ1) is 11.1. The smallest absolute Gasteiger partial charge is 0.261 e. The van der Waals surface area contributed by atoms with E-state index in [-0.39, 0.29) is 6.61 Å². The van der Waals surface area contributed by atoms with Crippen molar-refractivity contribution in [3.05, 3.63) is 34.9 Å². The third kappa shape index (κ3) is 3.42. The van der Waals surface area contributed by atoms with Crippen LogP contribution >= 0.6 is 0 Å². The fourth-order valence-corrected chi connectivity index (χ4v) is 1.27. The van der Waals surface area contributed by atoms with Crippen LogP contribution in [0.4, 0.5) is 8.78 Å². The van der Waals surface area contributed by atoms with Gasteiger partial charge in [-0.3, -0.25) is 0 Å². The Morgan fingerprint density at radius 1 is 1.29 bits per heavy atom. The Hall–Kier alpha value is -0.960. The third-order valence-corrected chi connectivity index (χ3v) is 2.00. The molecule has 78 valence electrons. The topological polar surface area (TPSA) is 9.23 Å². The van der Waals surface area contributed by atoms with E-state index in [4.69, 9.17) is 4.74 Å². The lowest BCUT2D eigenvalue weighted by atomic mass is 10.1. The molecule has 0 unspecified atom stereocenters. The molecule has 0 amide bonds. The van der Waals surface area contributed by atoms with Crippen LogP contribution in [-0.4, -0.2) is 13.0 Å². The second-order valence-corrected chi connectivity index (χ2v) is 3.34. The Morgan fingerprint density at radius 2 is 2.00 bits per heavy atom. The Kier molecular flexibility index (Phi) is 4.01. The second kappa shape index (κ2) is 5.05. The van der Waals surface area contributed by atoms with Crippen molar-refractivity contribution in [2.24, 2.45) is 0 Å². The van der Waals surface area contributed by atoms with Crippen molar-refractivity contribution in [1.82, 2.24) is 0 Å². The number of rotatable bonds is 4. The molecule has 0 bridgehead atoms. The zero-order valence-electron chi connectivity index (χ0n) is 8.39. The molecule has 0 saturated carbocycles. The van der Waals surface area contributed by atoms with E-state index in [0.717, 1.165) is 11.1 Å². The maximum Gasteiger partial charge on any atom is 0.261 e. The number of hydrogen-bond donors (Lipinski definition) is 0. The van der Waals surface area contributed by atoms with Crippen LogP contribution in [0, 0.1) is 13.8 Å². The summed E-state index contributed by atoms with van der Waals surface area (Å²) in [5, 5.41) is 0. The zero-order chi connectivity index (χ0) is 10.6. The molecule has 1 nitrogen and oxygen atoms in total. The summed E-state index contributed by atoms with van der Waals surface area (Å²) in [5.74, 6) is 0. The lowest BCUT2D eigenvalue weighted by Crippen LogP contribution is -2.05.